The molecule has 0 unspecified atom stereocenters. The molecule has 1 amide bonds. The standard InChI is InChI=1S/C21H20N2O3/c24-20(21(25)22-14-17-10-6-12-26-17)19-18(15-7-2-1-3-8-15)13-16-9-4-5-11-23(16)19/h1-5,7-9,11,13,17H,6,10,12,14H2,(H,22,25)/t17-/m1/s1. The Balaban J connectivity index is 1.67. The molecule has 5 heteroatoms. The Kier molecular flexibility index (Phi) is 4.54. The Hall–Kier alpha value is -2.92. The molecule has 3 aromatic rings. The molecule has 0 radical (unpaired) electrons. The number of rotatable bonds is 5. The second-order valence-electron chi connectivity index (χ2n) is 6.44. The summed E-state index contributed by atoms with van der Waals surface area (Å²) in [4.78, 5) is 25.4. The highest BCUT2D eigenvalue weighted by atomic mass is 16.5. The molecule has 1 aliphatic heterocycles. The molecule has 1 saturated heterocycles. The highest BCUT2D eigenvalue weighted by Gasteiger charge is 2.25. The molecular formula is C21H20N2O3. The van der Waals surface area contributed by atoms with Crippen LogP contribution in [0.1, 0.15) is 23.3 Å². The summed E-state index contributed by atoms with van der Waals surface area (Å²) in [6.07, 6.45) is 3.72. The summed E-state index contributed by atoms with van der Waals surface area (Å²) < 4.78 is 7.28. The number of amides is 1. The molecule has 0 saturated carbocycles. The van der Waals surface area contributed by atoms with Crippen molar-refractivity contribution in [2.75, 3.05) is 13.2 Å². The van der Waals surface area contributed by atoms with Crippen LogP contribution >= 0.6 is 0 Å². The van der Waals surface area contributed by atoms with E-state index in [1.165, 1.54) is 0 Å². The number of benzene rings is 1. The van der Waals surface area contributed by atoms with Gasteiger partial charge in [0.2, 0.25) is 0 Å². The number of aromatic nitrogens is 1. The topological polar surface area (TPSA) is 59.8 Å². The zero-order valence-corrected chi connectivity index (χ0v) is 14.4. The van der Waals surface area contributed by atoms with Gasteiger partial charge >= 0.3 is 0 Å². The van der Waals surface area contributed by atoms with Crippen molar-refractivity contribution in [1.82, 2.24) is 9.72 Å². The fourth-order valence-corrected chi connectivity index (χ4v) is 3.39. The minimum absolute atomic E-state index is 0.00408. The van der Waals surface area contributed by atoms with Crippen LogP contribution in [0.15, 0.2) is 60.8 Å². The number of fused-ring (bicyclic) bond motifs is 1. The van der Waals surface area contributed by atoms with Gasteiger partial charge in [-0.2, -0.15) is 0 Å². The van der Waals surface area contributed by atoms with Gasteiger partial charge in [-0.1, -0.05) is 36.4 Å². The smallest absolute Gasteiger partial charge is 0.294 e. The third kappa shape index (κ3) is 3.13. The largest absolute Gasteiger partial charge is 0.376 e. The number of Topliss-reactive ketones (excluding diaryl/α,β-unsaturated/α-hetero) is 1. The van der Waals surface area contributed by atoms with Gasteiger partial charge in [-0.05, 0) is 36.6 Å². The van der Waals surface area contributed by atoms with Crippen LogP contribution in [0.4, 0.5) is 0 Å². The van der Waals surface area contributed by atoms with E-state index >= 15 is 0 Å². The first kappa shape index (κ1) is 16.5. The van der Waals surface area contributed by atoms with E-state index in [0.29, 0.717) is 12.2 Å². The SMILES string of the molecule is O=C(NC[C@H]1CCCO1)C(=O)c1c(-c2ccccc2)cc2ccccn12. The molecule has 5 nitrogen and oxygen atoms in total. The van der Waals surface area contributed by atoms with Crippen molar-refractivity contribution in [1.29, 1.82) is 0 Å². The van der Waals surface area contributed by atoms with Gasteiger partial charge in [0.15, 0.2) is 0 Å². The van der Waals surface area contributed by atoms with E-state index in [1.54, 1.807) is 4.40 Å². The Morgan fingerprint density at radius 2 is 1.92 bits per heavy atom. The maximum absolute atomic E-state index is 12.9. The summed E-state index contributed by atoms with van der Waals surface area (Å²) in [5, 5.41) is 2.73. The molecule has 0 spiro atoms. The van der Waals surface area contributed by atoms with Crippen LogP contribution in [0, 0.1) is 0 Å². The molecule has 0 aliphatic carbocycles. The second-order valence-corrected chi connectivity index (χ2v) is 6.44. The first-order chi connectivity index (χ1) is 12.7. The van der Waals surface area contributed by atoms with Crippen molar-refractivity contribution in [3.05, 3.63) is 66.5 Å². The monoisotopic (exact) mass is 348 g/mol. The van der Waals surface area contributed by atoms with Crippen molar-refractivity contribution in [2.45, 2.75) is 18.9 Å². The zero-order chi connectivity index (χ0) is 17.9. The van der Waals surface area contributed by atoms with E-state index in [2.05, 4.69) is 5.32 Å². The van der Waals surface area contributed by atoms with Crippen molar-refractivity contribution >= 4 is 17.2 Å². The first-order valence-corrected chi connectivity index (χ1v) is 8.83. The molecule has 0 bridgehead atoms. The number of hydrogen-bond acceptors (Lipinski definition) is 3. The number of carbonyl (C=O) groups excluding carboxylic acids is 2. The Morgan fingerprint density at radius 3 is 2.69 bits per heavy atom. The van der Waals surface area contributed by atoms with E-state index in [-0.39, 0.29) is 6.10 Å². The normalized spacial score (nSPS) is 16.7. The Morgan fingerprint density at radius 1 is 1.12 bits per heavy atom. The molecule has 1 N–H and O–H groups in total. The number of ketones is 1. The van der Waals surface area contributed by atoms with Gasteiger partial charge in [0, 0.05) is 30.4 Å². The van der Waals surface area contributed by atoms with Crippen LogP contribution in [0.2, 0.25) is 0 Å². The number of nitrogens with zero attached hydrogens (tertiary/aromatic N) is 1. The maximum atomic E-state index is 12.9. The van der Waals surface area contributed by atoms with Crippen LogP contribution in [0.5, 0.6) is 0 Å². The lowest BCUT2D eigenvalue weighted by atomic mass is 10.0. The lowest BCUT2D eigenvalue weighted by molar-refractivity contribution is -0.117. The fourth-order valence-electron chi connectivity index (χ4n) is 3.39. The van der Waals surface area contributed by atoms with Crippen LogP contribution in [0.3, 0.4) is 0 Å². The quantitative estimate of drug-likeness (QED) is 0.569. The van der Waals surface area contributed by atoms with Gasteiger partial charge in [-0.15, -0.1) is 0 Å². The van der Waals surface area contributed by atoms with Crippen LogP contribution in [-0.4, -0.2) is 35.3 Å². The second kappa shape index (κ2) is 7.14. The number of ether oxygens (including phenoxy) is 1. The molecule has 3 heterocycles. The molecule has 1 aliphatic rings. The van der Waals surface area contributed by atoms with Gasteiger partial charge in [-0.3, -0.25) is 9.59 Å². The van der Waals surface area contributed by atoms with E-state index in [0.717, 1.165) is 36.1 Å². The van der Waals surface area contributed by atoms with Crippen LogP contribution in [-0.2, 0) is 9.53 Å². The van der Waals surface area contributed by atoms with Crippen molar-refractivity contribution in [3.8, 4) is 11.1 Å². The third-order valence-corrected chi connectivity index (χ3v) is 4.70. The molecule has 1 fully saturated rings. The van der Waals surface area contributed by atoms with Crippen LogP contribution in [0.25, 0.3) is 16.6 Å². The summed E-state index contributed by atoms with van der Waals surface area (Å²) in [5.41, 5.74) is 2.93. The summed E-state index contributed by atoms with van der Waals surface area (Å²) in [7, 11) is 0. The van der Waals surface area contributed by atoms with Crippen molar-refractivity contribution in [2.24, 2.45) is 0 Å². The minimum Gasteiger partial charge on any atom is -0.376 e. The summed E-state index contributed by atoms with van der Waals surface area (Å²) >= 11 is 0. The highest BCUT2D eigenvalue weighted by molar-refractivity contribution is 6.43. The average Bonchev–Trinajstić information content (AvgIpc) is 3.33. The van der Waals surface area contributed by atoms with Gasteiger partial charge in [0.05, 0.1) is 6.10 Å². The third-order valence-electron chi connectivity index (χ3n) is 4.70. The van der Waals surface area contributed by atoms with E-state index < -0.39 is 11.7 Å². The minimum atomic E-state index is -0.596. The number of nitrogens with one attached hydrogen (secondary N) is 1. The van der Waals surface area contributed by atoms with Gasteiger partial charge in [0.25, 0.3) is 11.7 Å². The van der Waals surface area contributed by atoms with Crippen LogP contribution < -0.4 is 5.32 Å². The molecule has 1 atom stereocenters. The molecule has 4 rings (SSSR count). The maximum Gasteiger partial charge on any atom is 0.294 e. The molecule has 26 heavy (non-hydrogen) atoms. The molecule has 1 aromatic carbocycles. The highest BCUT2D eigenvalue weighted by Crippen LogP contribution is 2.28. The number of carbonyl (C=O) groups is 2. The van der Waals surface area contributed by atoms with Crippen molar-refractivity contribution < 1.29 is 14.3 Å². The predicted molar refractivity (Wildman–Crippen MR) is 99.1 cm³/mol. The molecular weight excluding hydrogens is 328 g/mol. The van der Waals surface area contributed by atoms with Crippen molar-refractivity contribution in [3.63, 3.8) is 0 Å². The predicted octanol–water partition coefficient (Wildman–Crippen LogP) is 3.08. The Labute approximate surface area is 151 Å². The average molecular weight is 348 g/mol. The Bertz CT molecular complexity index is 940. The summed E-state index contributed by atoms with van der Waals surface area (Å²) in [5.74, 6) is -1.13. The van der Waals surface area contributed by atoms with Gasteiger partial charge < -0.3 is 14.5 Å². The van der Waals surface area contributed by atoms with Gasteiger partial charge in [0.1, 0.15) is 5.69 Å². The van der Waals surface area contributed by atoms with E-state index in [1.807, 2.05) is 60.8 Å². The summed E-state index contributed by atoms with van der Waals surface area (Å²) in [6, 6.07) is 17.3. The van der Waals surface area contributed by atoms with E-state index in [9.17, 15) is 9.59 Å². The van der Waals surface area contributed by atoms with Gasteiger partial charge in [-0.25, -0.2) is 0 Å². The summed E-state index contributed by atoms with van der Waals surface area (Å²) in [6.45, 7) is 1.09. The lowest BCUT2D eigenvalue weighted by Gasteiger charge is -2.11. The lowest BCUT2D eigenvalue weighted by Crippen LogP contribution is -2.37. The fraction of sp³-hybridized carbons (Fsp3) is 0.238. The first-order valence-electron chi connectivity index (χ1n) is 8.83. The molecule has 132 valence electrons. The van der Waals surface area contributed by atoms with E-state index in [4.69, 9.17) is 4.74 Å². The number of pyridine rings is 1. The zero-order valence-electron chi connectivity index (χ0n) is 14.4. The number of hydrogen-bond donors (Lipinski definition) is 1. The molecule has 2 aromatic heterocycles.